The molecule has 2 amide bonds. The van der Waals surface area contributed by atoms with E-state index in [1.54, 1.807) is 37.3 Å². The van der Waals surface area contributed by atoms with Gasteiger partial charge in [0.1, 0.15) is 5.75 Å². The first-order chi connectivity index (χ1) is 12.4. The Kier molecular flexibility index (Phi) is 4.62. The summed E-state index contributed by atoms with van der Waals surface area (Å²) in [6.45, 7) is 3.07. The molecule has 0 aliphatic rings. The molecule has 6 nitrogen and oxygen atoms in total. The molecule has 0 atom stereocenters. The van der Waals surface area contributed by atoms with Crippen molar-refractivity contribution in [2.24, 2.45) is 0 Å². The first-order valence-corrected chi connectivity index (χ1v) is 7.85. The molecular formula is C19H17FN2O4. The van der Waals surface area contributed by atoms with Crippen LogP contribution in [0.2, 0.25) is 0 Å². The Hall–Kier alpha value is -3.35. The van der Waals surface area contributed by atoms with Crippen LogP contribution in [0, 0.1) is 12.7 Å². The number of furan rings is 1. The number of benzene rings is 2. The van der Waals surface area contributed by atoms with Gasteiger partial charge >= 0.3 is 0 Å². The van der Waals surface area contributed by atoms with E-state index in [1.165, 1.54) is 20.1 Å². The van der Waals surface area contributed by atoms with E-state index < -0.39 is 11.7 Å². The van der Waals surface area contributed by atoms with Crippen LogP contribution in [0.25, 0.3) is 11.0 Å². The number of carbonyl (C=O) groups excluding carboxylic acids is 2. The van der Waals surface area contributed by atoms with Crippen molar-refractivity contribution in [3.63, 3.8) is 0 Å². The van der Waals surface area contributed by atoms with Gasteiger partial charge in [0, 0.05) is 23.6 Å². The minimum Gasteiger partial charge on any atom is -0.495 e. The quantitative estimate of drug-likeness (QED) is 0.737. The zero-order valence-electron chi connectivity index (χ0n) is 14.5. The van der Waals surface area contributed by atoms with Crippen LogP contribution in [0.4, 0.5) is 15.8 Å². The molecule has 0 aliphatic heterocycles. The first-order valence-electron chi connectivity index (χ1n) is 7.85. The molecule has 1 aromatic heterocycles. The number of aryl methyl sites for hydroxylation is 1. The first kappa shape index (κ1) is 17.5. The van der Waals surface area contributed by atoms with Crippen LogP contribution in [0.15, 0.2) is 40.8 Å². The van der Waals surface area contributed by atoms with Gasteiger partial charge in [0.2, 0.25) is 5.91 Å². The van der Waals surface area contributed by atoms with E-state index in [0.717, 1.165) is 0 Å². The van der Waals surface area contributed by atoms with Crippen LogP contribution in [-0.4, -0.2) is 18.9 Å². The number of para-hydroxylation sites is 1. The van der Waals surface area contributed by atoms with E-state index in [2.05, 4.69) is 10.6 Å². The second-order valence-corrected chi connectivity index (χ2v) is 5.72. The lowest BCUT2D eigenvalue weighted by Gasteiger charge is -2.12. The normalized spacial score (nSPS) is 10.6. The number of ether oxygens (including phenoxy) is 1. The number of methoxy groups -OCH3 is 1. The van der Waals surface area contributed by atoms with E-state index >= 15 is 0 Å². The highest BCUT2D eigenvalue weighted by atomic mass is 19.1. The molecule has 0 fully saturated rings. The molecule has 7 heteroatoms. The summed E-state index contributed by atoms with van der Waals surface area (Å²) in [5.41, 5.74) is 1.42. The second kappa shape index (κ2) is 6.87. The number of carbonyl (C=O) groups is 2. The van der Waals surface area contributed by atoms with Gasteiger partial charge < -0.3 is 19.8 Å². The number of nitrogens with one attached hydrogen (secondary N) is 2. The van der Waals surface area contributed by atoms with Crippen molar-refractivity contribution >= 4 is 34.2 Å². The fourth-order valence-corrected chi connectivity index (χ4v) is 2.69. The standard InChI is InChI=1S/C19H17FN2O4/c1-10-13-5-4-6-14(20)18(13)26-17(10)19(24)22-15-9-12(21-11(2)23)7-8-16(15)25-3/h4-9H,1-3H3,(H,21,23)(H,22,24). The van der Waals surface area contributed by atoms with Gasteiger partial charge in [0.05, 0.1) is 12.8 Å². The highest BCUT2D eigenvalue weighted by molar-refractivity contribution is 6.07. The molecule has 26 heavy (non-hydrogen) atoms. The number of hydrogen-bond acceptors (Lipinski definition) is 4. The fourth-order valence-electron chi connectivity index (χ4n) is 2.69. The lowest BCUT2D eigenvalue weighted by Crippen LogP contribution is -2.13. The predicted octanol–water partition coefficient (Wildman–Crippen LogP) is 4.10. The third-order valence-electron chi connectivity index (χ3n) is 3.89. The third-order valence-corrected chi connectivity index (χ3v) is 3.89. The fraction of sp³-hybridized carbons (Fsp3) is 0.158. The number of rotatable bonds is 4. The number of fused-ring (bicyclic) bond motifs is 1. The van der Waals surface area contributed by atoms with E-state index in [9.17, 15) is 14.0 Å². The van der Waals surface area contributed by atoms with E-state index in [0.29, 0.717) is 28.1 Å². The molecule has 0 unspecified atom stereocenters. The Morgan fingerprint density at radius 2 is 1.92 bits per heavy atom. The van der Waals surface area contributed by atoms with Crippen LogP contribution < -0.4 is 15.4 Å². The van der Waals surface area contributed by atoms with Crippen LogP contribution >= 0.6 is 0 Å². The predicted molar refractivity (Wildman–Crippen MR) is 96.2 cm³/mol. The van der Waals surface area contributed by atoms with Gasteiger partial charge in [0.15, 0.2) is 17.2 Å². The largest absolute Gasteiger partial charge is 0.495 e. The van der Waals surface area contributed by atoms with Crippen molar-refractivity contribution in [2.75, 3.05) is 17.7 Å². The monoisotopic (exact) mass is 356 g/mol. The van der Waals surface area contributed by atoms with Gasteiger partial charge in [-0.3, -0.25) is 9.59 Å². The Morgan fingerprint density at radius 3 is 2.58 bits per heavy atom. The average Bonchev–Trinajstić information content (AvgIpc) is 2.93. The molecule has 0 bridgehead atoms. The number of halogens is 1. The molecule has 2 N–H and O–H groups in total. The Morgan fingerprint density at radius 1 is 1.15 bits per heavy atom. The summed E-state index contributed by atoms with van der Waals surface area (Å²) in [6, 6.07) is 9.35. The summed E-state index contributed by atoms with van der Waals surface area (Å²) in [5.74, 6) is -0.896. The topological polar surface area (TPSA) is 80.6 Å². The van der Waals surface area contributed by atoms with Crippen molar-refractivity contribution in [3.8, 4) is 5.75 Å². The summed E-state index contributed by atoms with van der Waals surface area (Å²) < 4.78 is 24.5. The van der Waals surface area contributed by atoms with E-state index in [4.69, 9.17) is 9.15 Å². The molecule has 2 aromatic carbocycles. The summed E-state index contributed by atoms with van der Waals surface area (Å²) in [4.78, 5) is 23.9. The summed E-state index contributed by atoms with van der Waals surface area (Å²) in [6.07, 6.45) is 0. The average molecular weight is 356 g/mol. The maximum atomic E-state index is 13.9. The maximum Gasteiger partial charge on any atom is 0.291 e. The van der Waals surface area contributed by atoms with Crippen molar-refractivity contribution in [1.29, 1.82) is 0 Å². The molecule has 3 aromatic rings. The molecular weight excluding hydrogens is 339 g/mol. The van der Waals surface area contributed by atoms with Crippen LogP contribution in [0.1, 0.15) is 23.0 Å². The van der Waals surface area contributed by atoms with Crippen molar-refractivity contribution in [1.82, 2.24) is 0 Å². The van der Waals surface area contributed by atoms with Gasteiger partial charge in [-0.25, -0.2) is 4.39 Å². The van der Waals surface area contributed by atoms with Gasteiger partial charge in [-0.2, -0.15) is 0 Å². The summed E-state index contributed by atoms with van der Waals surface area (Å²) in [7, 11) is 1.46. The minimum atomic E-state index is -0.545. The SMILES string of the molecule is COc1ccc(NC(C)=O)cc1NC(=O)c1oc2c(F)cccc2c1C. The number of anilines is 2. The highest BCUT2D eigenvalue weighted by Gasteiger charge is 2.20. The Balaban J connectivity index is 1.96. The molecule has 0 radical (unpaired) electrons. The molecule has 3 rings (SSSR count). The Bertz CT molecular complexity index is 1010. The number of amides is 2. The number of hydrogen-bond donors (Lipinski definition) is 2. The molecule has 0 saturated heterocycles. The lowest BCUT2D eigenvalue weighted by atomic mass is 10.1. The van der Waals surface area contributed by atoms with Crippen molar-refractivity contribution in [3.05, 3.63) is 53.5 Å². The summed E-state index contributed by atoms with van der Waals surface area (Å²) >= 11 is 0. The van der Waals surface area contributed by atoms with E-state index in [-0.39, 0.29) is 17.3 Å². The smallest absolute Gasteiger partial charge is 0.291 e. The van der Waals surface area contributed by atoms with Gasteiger partial charge in [-0.05, 0) is 31.2 Å². The molecule has 1 heterocycles. The third kappa shape index (κ3) is 3.23. The molecule has 134 valence electrons. The minimum absolute atomic E-state index is 0.0112. The van der Waals surface area contributed by atoms with Crippen LogP contribution in [0.5, 0.6) is 5.75 Å². The van der Waals surface area contributed by atoms with Crippen molar-refractivity contribution < 1.29 is 23.1 Å². The van der Waals surface area contributed by atoms with Crippen molar-refractivity contribution in [2.45, 2.75) is 13.8 Å². The van der Waals surface area contributed by atoms with E-state index in [1.807, 2.05) is 0 Å². The Labute approximate surface area is 148 Å². The molecule has 0 aliphatic carbocycles. The summed E-state index contributed by atoms with van der Waals surface area (Å²) in [5, 5.41) is 5.85. The van der Waals surface area contributed by atoms with Crippen LogP contribution in [-0.2, 0) is 4.79 Å². The molecule has 0 spiro atoms. The lowest BCUT2D eigenvalue weighted by molar-refractivity contribution is -0.114. The van der Waals surface area contributed by atoms with Gasteiger partial charge in [0.25, 0.3) is 5.91 Å². The maximum absolute atomic E-state index is 13.9. The zero-order valence-corrected chi connectivity index (χ0v) is 14.5. The van der Waals surface area contributed by atoms with Crippen LogP contribution in [0.3, 0.4) is 0 Å². The van der Waals surface area contributed by atoms with Gasteiger partial charge in [-0.15, -0.1) is 0 Å². The second-order valence-electron chi connectivity index (χ2n) is 5.72. The zero-order chi connectivity index (χ0) is 18.8. The van der Waals surface area contributed by atoms with Gasteiger partial charge in [-0.1, -0.05) is 12.1 Å². The molecule has 0 saturated carbocycles. The highest BCUT2D eigenvalue weighted by Crippen LogP contribution is 2.31.